The highest BCUT2D eigenvalue weighted by atomic mass is 16.5. The first-order valence-corrected chi connectivity index (χ1v) is 9.10. The van der Waals surface area contributed by atoms with Gasteiger partial charge in [-0.05, 0) is 36.6 Å². The van der Waals surface area contributed by atoms with E-state index in [-0.39, 0.29) is 5.91 Å². The van der Waals surface area contributed by atoms with E-state index in [1.807, 2.05) is 42.0 Å². The second-order valence-electron chi connectivity index (χ2n) is 6.70. The van der Waals surface area contributed by atoms with Gasteiger partial charge in [0.05, 0.1) is 19.4 Å². The summed E-state index contributed by atoms with van der Waals surface area (Å²) in [7, 11) is 0. The minimum Gasteiger partial charge on any atom is -0.493 e. The molecule has 5 heteroatoms. The van der Waals surface area contributed by atoms with Crippen LogP contribution in [0.2, 0.25) is 0 Å². The van der Waals surface area contributed by atoms with Gasteiger partial charge in [-0.15, -0.1) is 0 Å². The van der Waals surface area contributed by atoms with Gasteiger partial charge in [-0.25, -0.2) is 4.98 Å². The molecule has 0 unspecified atom stereocenters. The predicted molar refractivity (Wildman–Crippen MR) is 106 cm³/mol. The van der Waals surface area contributed by atoms with Crippen molar-refractivity contribution < 1.29 is 9.53 Å². The van der Waals surface area contributed by atoms with Gasteiger partial charge in [-0.2, -0.15) is 0 Å². The van der Waals surface area contributed by atoms with Crippen molar-refractivity contribution in [3.63, 3.8) is 0 Å². The Bertz CT molecular complexity index is 871. The largest absolute Gasteiger partial charge is 0.493 e. The summed E-state index contributed by atoms with van der Waals surface area (Å²) < 4.78 is 7.73. The summed E-state index contributed by atoms with van der Waals surface area (Å²) in [6.45, 7) is 5.75. The fourth-order valence-corrected chi connectivity index (χ4v) is 2.86. The van der Waals surface area contributed by atoms with Crippen LogP contribution in [-0.2, 0) is 17.9 Å². The van der Waals surface area contributed by atoms with Gasteiger partial charge in [0.25, 0.3) is 0 Å². The van der Waals surface area contributed by atoms with E-state index in [2.05, 4.69) is 35.4 Å². The third-order valence-corrected chi connectivity index (χ3v) is 4.35. The summed E-state index contributed by atoms with van der Waals surface area (Å²) in [4.78, 5) is 16.1. The molecule has 2 aromatic carbocycles. The number of rotatable bonds is 8. The zero-order valence-electron chi connectivity index (χ0n) is 15.8. The summed E-state index contributed by atoms with van der Waals surface area (Å²) in [6.07, 6.45) is 5.85. The number of hydrogen-bond acceptors (Lipinski definition) is 3. The second kappa shape index (κ2) is 9.03. The van der Waals surface area contributed by atoms with Crippen molar-refractivity contribution in [2.45, 2.75) is 33.4 Å². The Balaban J connectivity index is 1.39. The molecule has 0 atom stereocenters. The number of aromatic nitrogens is 2. The number of amides is 1. The van der Waals surface area contributed by atoms with Crippen LogP contribution in [0.15, 0.2) is 61.2 Å². The van der Waals surface area contributed by atoms with E-state index in [1.165, 1.54) is 11.1 Å². The first-order chi connectivity index (χ1) is 13.1. The van der Waals surface area contributed by atoms with Gasteiger partial charge in [0.15, 0.2) is 0 Å². The average Bonchev–Trinajstić information content (AvgIpc) is 3.16. The number of hydrogen-bond donors (Lipinski definition) is 1. The van der Waals surface area contributed by atoms with E-state index < -0.39 is 0 Å². The highest BCUT2D eigenvalue weighted by Gasteiger charge is 2.04. The lowest BCUT2D eigenvalue weighted by Crippen LogP contribution is -2.24. The highest BCUT2D eigenvalue weighted by Crippen LogP contribution is 2.18. The van der Waals surface area contributed by atoms with Crippen LogP contribution in [0.5, 0.6) is 5.75 Å². The van der Waals surface area contributed by atoms with Crippen molar-refractivity contribution in [3.8, 4) is 5.75 Å². The molecule has 27 heavy (non-hydrogen) atoms. The van der Waals surface area contributed by atoms with Crippen LogP contribution in [-0.4, -0.2) is 22.1 Å². The zero-order chi connectivity index (χ0) is 19.1. The molecule has 0 bridgehead atoms. The number of benzene rings is 2. The molecule has 5 nitrogen and oxygen atoms in total. The van der Waals surface area contributed by atoms with Crippen molar-refractivity contribution in [2.75, 3.05) is 6.61 Å². The van der Waals surface area contributed by atoms with Crippen LogP contribution in [0.1, 0.15) is 28.7 Å². The third kappa shape index (κ3) is 5.71. The summed E-state index contributed by atoms with van der Waals surface area (Å²) in [5.74, 6) is 0.823. The highest BCUT2D eigenvalue weighted by molar-refractivity contribution is 5.76. The molecule has 1 N–H and O–H groups in total. The van der Waals surface area contributed by atoms with Crippen LogP contribution < -0.4 is 10.1 Å². The Hall–Kier alpha value is -3.08. The zero-order valence-corrected chi connectivity index (χ0v) is 15.8. The minimum absolute atomic E-state index is 0.0118. The second-order valence-corrected chi connectivity index (χ2v) is 6.70. The van der Waals surface area contributed by atoms with Crippen LogP contribution in [0, 0.1) is 13.8 Å². The molecule has 0 aliphatic heterocycles. The lowest BCUT2D eigenvalue weighted by atomic mass is 10.1. The molecular weight excluding hydrogens is 338 g/mol. The molecule has 0 saturated heterocycles. The minimum atomic E-state index is -0.0118. The van der Waals surface area contributed by atoms with Crippen molar-refractivity contribution in [1.82, 2.24) is 14.9 Å². The molecule has 1 aromatic heterocycles. The van der Waals surface area contributed by atoms with Crippen molar-refractivity contribution in [3.05, 3.63) is 83.4 Å². The molecule has 0 fully saturated rings. The van der Waals surface area contributed by atoms with E-state index in [0.29, 0.717) is 19.6 Å². The van der Waals surface area contributed by atoms with Gasteiger partial charge in [0.2, 0.25) is 5.91 Å². The third-order valence-electron chi connectivity index (χ3n) is 4.35. The number of nitrogens with one attached hydrogen (secondary N) is 1. The van der Waals surface area contributed by atoms with E-state index in [1.54, 1.807) is 12.5 Å². The molecule has 0 aliphatic carbocycles. The number of aryl methyl sites for hydroxylation is 2. The van der Waals surface area contributed by atoms with Gasteiger partial charge in [0.1, 0.15) is 5.75 Å². The SMILES string of the molecule is Cc1ccc(OCCC(=O)NCc2ccc(Cn3ccnc3)cc2)c(C)c1. The topological polar surface area (TPSA) is 56.1 Å². The normalized spacial score (nSPS) is 10.6. The molecule has 0 radical (unpaired) electrons. The average molecular weight is 363 g/mol. The Morgan fingerprint density at radius 1 is 1.11 bits per heavy atom. The fourth-order valence-electron chi connectivity index (χ4n) is 2.86. The number of imidazole rings is 1. The van der Waals surface area contributed by atoms with Gasteiger partial charge in [-0.1, -0.05) is 42.0 Å². The first-order valence-electron chi connectivity index (χ1n) is 9.10. The van der Waals surface area contributed by atoms with Crippen molar-refractivity contribution in [1.29, 1.82) is 0 Å². The smallest absolute Gasteiger partial charge is 0.223 e. The fraction of sp³-hybridized carbons (Fsp3) is 0.273. The molecule has 0 saturated carbocycles. The maximum absolute atomic E-state index is 12.0. The monoisotopic (exact) mass is 363 g/mol. The molecule has 1 amide bonds. The predicted octanol–water partition coefficient (Wildman–Crippen LogP) is 3.63. The molecular formula is C22H25N3O2. The van der Waals surface area contributed by atoms with Crippen molar-refractivity contribution in [2.24, 2.45) is 0 Å². The Labute approximate surface area is 160 Å². The van der Waals surface area contributed by atoms with Crippen LogP contribution in [0.4, 0.5) is 0 Å². The Morgan fingerprint density at radius 3 is 2.59 bits per heavy atom. The van der Waals surface area contributed by atoms with Crippen LogP contribution in [0.3, 0.4) is 0 Å². The number of carbonyl (C=O) groups excluding carboxylic acids is 1. The Kier molecular flexibility index (Phi) is 6.26. The maximum Gasteiger partial charge on any atom is 0.223 e. The van der Waals surface area contributed by atoms with E-state index >= 15 is 0 Å². The van der Waals surface area contributed by atoms with Gasteiger partial charge >= 0.3 is 0 Å². The lowest BCUT2D eigenvalue weighted by Gasteiger charge is -2.10. The molecule has 0 aliphatic rings. The van der Waals surface area contributed by atoms with E-state index in [4.69, 9.17) is 4.74 Å². The first kappa shape index (κ1) is 18.7. The van der Waals surface area contributed by atoms with Crippen LogP contribution >= 0.6 is 0 Å². The molecule has 3 rings (SSSR count). The van der Waals surface area contributed by atoms with E-state index in [0.717, 1.165) is 23.4 Å². The van der Waals surface area contributed by atoms with Gasteiger partial charge in [-0.3, -0.25) is 4.79 Å². The van der Waals surface area contributed by atoms with E-state index in [9.17, 15) is 4.79 Å². The summed E-state index contributed by atoms with van der Waals surface area (Å²) in [6, 6.07) is 14.3. The van der Waals surface area contributed by atoms with Gasteiger partial charge in [0, 0.05) is 25.5 Å². The maximum atomic E-state index is 12.0. The molecule has 3 aromatic rings. The molecule has 0 spiro atoms. The number of nitrogens with zero attached hydrogens (tertiary/aromatic N) is 2. The van der Waals surface area contributed by atoms with Crippen molar-refractivity contribution >= 4 is 5.91 Å². The lowest BCUT2D eigenvalue weighted by molar-refractivity contribution is -0.121. The number of ether oxygens (including phenoxy) is 1. The van der Waals surface area contributed by atoms with Crippen LogP contribution in [0.25, 0.3) is 0 Å². The summed E-state index contributed by atoms with van der Waals surface area (Å²) in [5, 5.41) is 2.94. The molecule has 140 valence electrons. The summed E-state index contributed by atoms with van der Waals surface area (Å²) >= 11 is 0. The van der Waals surface area contributed by atoms with Gasteiger partial charge < -0.3 is 14.6 Å². The molecule has 1 heterocycles. The Morgan fingerprint density at radius 2 is 1.89 bits per heavy atom. The summed E-state index contributed by atoms with van der Waals surface area (Å²) in [5.41, 5.74) is 4.57. The number of carbonyl (C=O) groups is 1. The standard InChI is InChI=1S/C22H25N3O2/c1-17-3-8-21(18(2)13-17)27-12-9-22(26)24-14-19-4-6-20(7-5-19)15-25-11-10-23-16-25/h3-8,10-11,13,16H,9,12,14-15H2,1-2H3,(H,24,26). The quantitative estimate of drug-likeness (QED) is 0.665.